The van der Waals surface area contributed by atoms with Crippen LogP contribution in [0.4, 0.5) is 8.78 Å². The quantitative estimate of drug-likeness (QED) is 0.832. The molecule has 0 unspecified atom stereocenters. The molecule has 3 nitrogen and oxygen atoms in total. The van der Waals surface area contributed by atoms with Gasteiger partial charge in [0, 0.05) is 13.5 Å². The molecule has 2 N–H and O–H groups in total. The highest BCUT2D eigenvalue weighted by molar-refractivity contribution is 5.72. The van der Waals surface area contributed by atoms with Crippen molar-refractivity contribution < 1.29 is 8.78 Å². The van der Waals surface area contributed by atoms with Crippen molar-refractivity contribution in [2.75, 3.05) is 0 Å². The highest BCUT2D eigenvalue weighted by Crippen LogP contribution is 2.23. The van der Waals surface area contributed by atoms with Crippen LogP contribution in [0.25, 0.3) is 5.57 Å². The Morgan fingerprint density at radius 1 is 1.42 bits per heavy atom. The van der Waals surface area contributed by atoms with E-state index in [0.29, 0.717) is 23.5 Å². The predicted octanol–water partition coefficient (Wildman–Crippen LogP) is 3.11. The van der Waals surface area contributed by atoms with E-state index in [1.807, 2.05) is 0 Å². The van der Waals surface area contributed by atoms with Crippen molar-refractivity contribution in [3.05, 3.63) is 54.2 Å². The van der Waals surface area contributed by atoms with Gasteiger partial charge in [-0.3, -0.25) is 0 Å². The summed E-state index contributed by atoms with van der Waals surface area (Å²) in [6, 6.07) is 1.71. The topological polar surface area (TPSA) is 51.8 Å². The number of alkyl halides is 2. The molecule has 0 aromatic carbocycles. The summed E-state index contributed by atoms with van der Waals surface area (Å²) in [5.74, 6) is -2.84. The summed E-state index contributed by atoms with van der Waals surface area (Å²) in [5.41, 5.74) is 7.39. The van der Waals surface area contributed by atoms with Gasteiger partial charge in [0.1, 0.15) is 6.33 Å². The van der Waals surface area contributed by atoms with Crippen LogP contribution in [0.15, 0.2) is 42.8 Å². The SMILES string of the molecule is C=C/C(=C\C=C(/C)C(C)(F)F)c1cc(CN)ncn1. The first-order valence-electron chi connectivity index (χ1n) is 5.79. The van der Waals surface area contributed by atoms with Gasteiger partial charge in [0.05, 0.1) is 11.4 Å². The second-order valence-electron chi connectivity index (χ2n) is 4.16. The van der Waals surface area contributed by atoms with Gasteiger partial charge in [0.2, 0.25) is 0 Å². The summed E-state index contributed by atoms with van der Waals surface area (Å²) < 4.78 is 26.1. The molecule has 0 bridgehead atoms. The summed E-state index contributed by atoms with van der Waals surface area (Å²) in [6.45, 7) is 6.19. The zero-order valence-electron chi connectivity index (χ0n) is 11.0. The number of allylic oxidation sites excluding steroid dienone is 5. The molecule has 0 fully saturated rings. The molecule has 102 valence electrons. The molecule has 0 aliphatic rings. The first-order valence-corrected chi connectivity index (χ1v) is 5.79. The third-order valence-electron chi connectivity index (χ3n) is 2.65. The Kier molecular flexibility index (Phi) is 5.06. The summed E-state index contributed by atoms with van der Waals surface area (Å²) in [6.07, 6.45) is 5.86. The standard InChI is InChI=1S/C14H17F2N3/c1-4-11(6-5-10(2)14(3,15)16)13-7-12(8-17)18-9-19-13/h4-7,9H,1,8,17H2,2-3H3/b10-5+,11-6+. The molecule has 1 heterocycles. The zero-order chi connectivity index (χ0) is 14.5. The first kappa shape index (κ1) is 15.2. The van der Waals surface area contributed by atoms with Crippen molar-refractivity contribution in [3.8, 4) is 0 Å². The van der Waals surface area contributed by atoms with Crippen molar-refractivity contribution in [2.24, 2.45) is 5.73 Å². The van der Waals surface area contributed by atoms with Crippen LogP contribution in [-0.4, -0.2) is 15.9 Å². The second-order valence-corrected chi connectivity index (χ2v) is 4.16. The van der Waals surface area contributed by atoms with E-state index in [0.717, 1.165) is 6.92 Å². The van der Waals surface area contributed by atoms with Crippen molar-refractivity contribution >= 4 is 5.57 Å². The van der Waals surface area contributed by atoms with E-state index in [-0.39, 0.29) is 5.57 Å². The van der Waals surface area contributed by atoms with E-state index in [1.54, 1.807) is 18.2 Å². The zero-order valence-corrected chi connectivity index (χ0v) is 11.0. The Bertz CT molecular complexity index is 514. The normalized spacial score (nSPS) is 13.5. The molecular formula is C14H17F2N3. The highest BCUT2D eigenvalue weighted by atomic mass is 19.3. The van der Waals surface area contributed by atoms with Crippen molar-refractivity contribution in [1.29, 1.82) is 0 Å². The Labute approximate surface area is 111 Å². The van der Waals surface area contributed by atoms with E-state index < -0.39 is 5.92 Å². The summed E-state index contributed by atoms with van der Waals surface area (Å²) in [4.78, 5) is 8.05. The lowest BCUT2D eigenvalue weighted by atomic mass is 10.1. The molecule has 0 amide bonds. The number of rotatable bonds is 5. The lowest BCUT2D eigenvalue weighted by Crippen LogP contribution is -2.10. The largest absolute Gasteiger partial charge is 0.325 e. The van der Waals surface area contributed by atoms with Gasteiger partial charge >= 0.3 is 0 Å². The Morgan fingerprint density at radius 2 is 2.11 bits per heavy atom. The molecule has 0 saturated carbocycles. The van der Waals surface area contributed by atoms with Crippen LogP contribution in [-0.2, 0) is 6.54 Å². The van der Waals surface area contributed by atoms with Crippen molar-refractivity contribution in [2.45, 2.75) is 26.3 Å². The number of halogens is 2. The molecule has 0 aliphatic carbocycles. The summed E-state index contributed by atoms with van der Waals surface area (Å²) >= 11 is 0. The Morgan fingerprint density at radius 3 is 2.63 bits per heavy atom. The van der Waals surface area contributed by atoms with Crippen LogP contribution < -0.4 is 5.73 Å². The van der Waals surface area contributed by atoms with Gasteiger partial charge < -0.3 is 5.73 Å². The number of nitrogens with two attached hydrogens (primary N) is 1. The van der Waals surface area contributed by atoms with E-state index in [2.05, 4.69) is 16.5 Å². The molecule has 1 rings (SSSR count). The van der Waals surface area contributed by atoms with Crippen LogP contribution in [0, 0.1) is 0 Å². The molecule has 0 atom stereocenters. The molecule has 1 aromatic rings. The van der Waals surface area contributed by atoms with Gasteiger partial charge in [-0.2, -0.15) is 0 Å². The monoisotopic (exact) mass is 265 g/mol. The van der Waals surface area contributed by atoms with Gasteiger partial charge in [-0.05, 0) is 24.1 Å². The van der Waals surface area contributed by atoms with Crippen molar-refractivity contribution in [1.82, 2.24) is 9.97 Å². The fourth-order valence-electron chi connectivity index (χ4n) is 1.29. The van der Waals surface area contributed by atoms with Crippen LogP contribution in [0.3, 0.4) is 0 Å². The molecule has 0 spiro atoms. The maximum Gasteiger partial charge on any atom is 0.266 e. The Hall–Kier alpha value is -1.88. The summed E-state index contributed by atoms with van der Waals surface area (Å²) in [5, 5.41) is 0. The van der Waals surface area contributed by atoms with Crippen molar-refractivity contribution in [3.63, 3.8) is 0 Å². The molecule has 1 aromatic heterocycles. The lowest BCUT2D eigenvalue weighted by molar-refractivity contribution is 0.0636. The first-order chi connectivity index (χ1) is 8.88. The van der Waals surface area contributed by atoms with Gasteiger partial charge in [0.25, 0.3) is 5.92 Å². The van der Waals surface area contributed by atoms with E-state index in [9.17, 15) is 8.78 Å². The van der Waals surface area contributed by atoms with Gasteiger partial charge in [-0.15, -0.1) is 0 Å². The maximum atomic E-state index is 13.0. The minimum absolute atomic E-state index is 0.0278. The maximum absolute atomic E-state index is 13.0. The van der Waals surface area contributed by atoms with E-state index in [4.69, 9.17) is 5.73 Å². The predicted molar refractivity (Wildman–Crippen MR) is 72.5 cm³/mol. The fraction of sp³-hybridized carbons (Fsp3) is 0.286. The molecule has 5 heteroatoms. The third kappa shape index (κ3) is 4.37. The number of hydrogen-bond donors (Lipinski definition) is 1. The number of hydrogen-bond acceptors (Lipinski definition) is 3. The van der Waals surface area contributed by atoms with Crippen LogP contribution in [0.1, 0.15) is 25.2 Å². The molecule has 0 saturated heterocycles. The van der Waals surface area contributed by atoms with Crippen LogP contribution in [0.2, 0.25) is 0 Å². The second kappa shape index (κ2) is 6.33. The minimum Gasteiger partial charge on any atom is -0.325 e. The average molecular weight is 265 g/mol. The lowest BCUT2D eigenvalue weighted by Gasteiger charge is -2.09. The summed E-state index contributed by atoms with van der Waals surface area (Å²) in [7, 11) is 0. The molecule has 0 radical (unpaired) electrons. The van der Waals surface area contributed by atoms with E-state index in [1.165, 1.54) is 19.3 Å². The smallest absolute Gasteiger partial charge is 0.266 e. The Balaban J connectivity index is 3.10. The third-order valence-corrected chi connectivity index (χ3v) is 2.65. The fourth-order valence-corrected chi connectivity index (χ4v) is 1.29. The highest BCUT2D eigenvalue weighted by Gasteiger charge is 2.22. The van der Waals surface area contributed by atoms with Gasteiger partial charge in [-0.1, -0.05) is 24.8 Å². The molecule has 19 heavy (non-hydrogen) atoms. The van der Waals surface area contributed by atoms with E-state index >= 15 is 0 Å². The van der Waals surface area contributed by atoms with Crippen LogP contribution >= 0.6 is 0 Å². The van der Waals surface area contributed by atoms with Gasteiger partial charge in [-0.25, -0.2) is 18.7 Å². The molecule has 0 aliphatic heterocycles. The number of nitrogens with zero attached hydrogens (tertiary/aromatic N) is 2. The average Bonchev–Trinajstić information content (AvgIpc) is 2.38. The number of aromatic nitrogens is 2. The minimum atomic E-state index is -2.84. The van der Waals surface area contributed by atoms with Gasteiger partial charge in [0.15, 0.2) is 0 Å². The molecular weight excluding hydrogens is 248 g/mol. The van der Waals surface area contributed by atoms with Crippen LogP contribution in [0.5, 0.6) is 0 Å².